The van der Waals surface area contributed by atoms with Gasteiger partial charge in [0.05, 0.1) is 19.8 Å². The second-order valence-electron chi connectivity index (χ2n) is 6.13. The molecule has 0 radical (unpaired) electrons. The van der Waals surface area contributed by atoms with Crippen LogP contribution in [0.15, 0.2) is 52.9 Å². The minimum atomic E-state index is -0.238. The quantitative estimate of drug-likeness (QED) is 0.793. The summed E-state index contributed by atoms with van der Waals surface area (Å²) in [5, 5.41) is 3.74. The van der Waals surface area contributed by atoms with Crippen molar-refractivity contribution in [3.63, 3.8) is 0 Å². The van der Waals surface area contributed by atoms with Crippen molar-refractivity contribution in [3.8, 4) is 5.75 Å². The number of nitrogens with one attached hydrogen (secondary N) is 1. The van der Waals surface area contributed by atoms with Crippen molar-refractivity contribution < 1.29 is 18.7 Å². The summed E-state index contributed by atoms with van der Waals surface area (Å²) in [7, 11) is 1.61. The third-order valence-electron chi connectivity index (χ3n) is 4.48. The fraction of sp³-hybridized carbons (Fsp3) is 0.250. The number of carbonyl (C=O) groups is 1. The van der Waals surface area contributed by atoms with Crippen molar-refractivity contribution in [2.24, 2.45) is 0 Å². The van der Waals surface area contributed by atoms with E-state index in [0.717, 1.165) is 17.6 Å². The number of hydrogen-bond donors (Lipinski definition) is 1. The predicted molar refractivity (Wildman–Crippen MR) is 93.8 cm³/mol. The molecule has 0 fully saturated rings. The van der Waals surface area contributed by atoms with Crippen LogP contribution in [-0.2, 0) is 17.8 Å². The molecule has 128 valence electrons. The van der Waals surface area contributed by atoms with Crippen LogP contribution in [0.2, 0.25) is 0 Å². The average Bonchev–Trinajstić information content (AvgIpc) is 3.09. The number of methoxy groups -OCH3 is 1. The number of rotatable bonds is 4. The highest BCUT2D eigenvalue weighted by atomic mass is 16.5. The van der Waals surface area contributed by atoms with Gasteiger partial charge in [-0.25, -0.2) is 0 Å². The molecule has 2 heterocycles. The molecule has 5 heteroatoms. The molecular weight excluding hydrogens is 318 g/mol. The lowest BCUT2D eigenvalue weighted by Crippen LogP contribution is -2.36. The molecule has 1 N–H and O–H groups in total. The van der Waals surface area contributed by atoms with Gasteiger partial charge in [0.2, 0.25) is 0 Å². The van der Waals surface area contributed by atoms with Gasteiger partial charge < -0.3 is 19.2 Å². The Morgan fingerprint density at radius 2 is 2.04 bits per heavy atom. The first-order valence-corrected chi connectivity index (χ1v) is 8.27. The molecule has 25 heavy (non-hydrogen) atoms. The van der Waals surface area contributed by atoms with Gasteiger partial charge in [-0.05, 0) is 35.4 Å². The first kappa shape index (κ1) is 15.7. The topological polar surface area (TPSA) is 60.7 Å². The SMILES string of the molecule is COc1ccc2oc(C(=O)NCC3Cc4ccccc4CO3)cc2c1. The Balaban J connectivity index is 1.41. The highest BCUT2D eigenvalue weighted by Crippen LogP contribution is 2.24. The van der Waals surface area contributed by atoms with Crippen LogP contribution in [0.4, 0.5) is 0 Å². The predicted octanol–water partition coefficient (Wildman–Crippen LogP) is 3.31. The monoisotopic (exact) mass is 337 g/mol. The van der Waals surface area contributed by atoms with Crippen LogP contribution >= 0.6 is 0 Å². The lowest BCUT2D eigenvalue weighted by Gasteiger charge is -2.25. The molecular formula is C20H19NO4. The van der Waals surface area contributed by atoms with E-state index in [1.807, 2.05) is 18.2 Å². The van der Waals surface area contributed by atoms with Crippen molar-refractivity contribution in [1.82, 2.24) is 5.32 Å². The summed E-state index contributed by atoms with van der Waals surface area (Å²) >= 11 is 0. The zero-order valence-corrected chi connectivity index (χ0v) is 14.0. The number of hydrogen-bond acceptors (Lipinski definition) is 4. The Kier molecular flexibility index (Phi) is 4.15. The Labute approximate surface area is 145 Å². The van der Waals surface area contributed by atoms with E-state index >= 15 is 0 Å². The van der Waals surface area contributed by atoms with E-state index < -0.39 is 0 Å². The molecule has 0 saturated heterocycles. The van der Waals surface area contributed by atoms with Crippen molar-refractivity contribution >= 4 is 16.9 Å². The van der Waals surface area contributed by atoms with Gasteiger partial charge in [0.25, 0.3) is 5.91 Å². The number of amides is 1. The molecule has 3 aromatic rings. The van der Waals surface area contributed by atoms with E-state index in [1.165, 1.54) is 11.1 Å². The van der Waals surface area contributed by atoms with Gasteiger partial charge in [-0.15, -0.1) is 0 Å². The molecule has 5 nitrogen and oxygen atoms in total. The minimum Gasteiger partial charge on any atom is -0.497 e. The van der Waals surface area contributed by atoms with Gasteiger partial charge in [0, 0.05) is 18.4 Å². The first-order chi connectivity index (χ1) is 12.2. The molecule has 0 aliphatic carbocycles. The van der Waals surface area contributed by atoms with E-state index in [2.05, 4.69) is 17.4 Å². The highest BCUT2D eigenvalue weighted by molar-refractivity contribution is 5.96. The van der Waals surface area contributed by atoms with Gasteiger partial charge in [-0.3, -0.25) is 4.79 Å². The van der Waals surface area contributed by atoms with Gasteiger partial charge >= 0.3 is 0 Å². The molecule has 1 unspecified atom stereocenters. The third kappa shape index (κ3) is 3.23. The molecule has 1 aliphatic heterocycles. The van der Waals surface area contributed by atoms with E-state index in [1.54, 1.807) is 25.3 Å². The van der Waals surface area contributed by atoms with Gasteiger partial charge in [0.1, 0.15) is 11.3 Å². The Morgan fingerprint density at radius 3 is 2.88 bits per heavy atom. The number of carbonyl (C=O) groups excluding carboxylic acids is 1. The Bertz CT molecular complexity index is 915. The van der Waals surface area contributed by atoms with E-state index in [9.17, 15) is 4.79 Å². The fourth-order valence-electron chi connectivity index (χ4n) is 3.09. The molecule has 0 saturated carbocycles. The maximum absolute atomic E-state index is 12.4. The van der Waals surface area contributed by atoms with Crippen molar-refractivity contribution in [2.45, 2.75) is 19.1 Å². The molecule has 0 bridgehead atoms. The lowest BCUT2D eigenvalue weighted by molar-refractivity contribution is 0.0282. The van der Waals surface area contributed by atoms with Crippen LogP contribution in [0.1, 0.15) is 21.7 Å². The fourth-order valence-corrected chi connectivity index (χ4v) is 3.09. The maximum atomic E-state index is 12.4. The van der Waals surface area contributed by atoms with Crippen LogP contribution < -0.4 is 10.1 Å². The second kappa shape index (κ2) is 6.61. The third-order valence-corrected chi connectivity index (χ3v) is 4.48. The normalized spacial score (nSPS) is 16.4. The summed E-state index contributed by atoms with van der Waals surface area (Å²) in [5.41, 5.74) is 3.16. The van der Waals surface area contributed by atoms with Gasteiger partial charge in [-0.1, -0.05) is 24.3 Å². The van der Waals surface area contributed by atoms with Crippen LogP contribution in [0.3, 0.4) is 0 Å². The van der Waals surface area contributed by atoms with Crippen LogP contribution in [0, 0.1) is 0 Å². The Hall–Kier alpha value is -2.79. The van der Waals surface area contributed by atoms with E-state index in [4.69, 9.17) is 13.9 Å². The van der Waals surface area contributed by atoms with Crippen LogP contribution in [0.25, 0.3) is 11.0 Å². The van der Waals surface area contributed by atoms with Crippen molar-refractivity contribution in [3.05, 3.63) is 65.4 Å². The van der Waals surface area contributed by atoms with E-state index in [0.29, 0.717) is 24.5 Å². The molecule has 1 aliphatic rings. The van der Waals surface area contributed by atoms with Crippen LogP contribution in [-0.4, -0.2) is 25.7 Å². The molecule has 1 atom stereocenters. The Morgan fingerprint density at radius 1 is 1.20 bits per heavy atom. The number of furan rings is 1. The summed E-state index contributed by atoms with van der Waals surface area (Å²) in [6.07, 6.45) is 0.775. The second-order valence-corrected chi connectivity index (χ2v) is 6.13. The van der Waals surface area contributed by atoms with Gasteiger partial charge in [-0.2, -0.15) is 0 Å². The number of ether oxygens (including phenoxy) is 2. The summed E-state index contributed by atoms with van der Waals surface area (Å²) in [5.74, 6) is 0.784. The number of fused-ring (bicyclic) bond motifs is 2. The maximum Gasteiger partial charge on any atom is 0.287 e. The average molecular weight is 337 g/mol. The van der Waals surface area contributed by atoms with Crippen LogP contribution in [0.5, 0.6) is 5.75 Å². The van der Waals surface area contributed by atoms with Crippen molar-refractivity contribution in [2.75, 3.05) is 13.7 Å². The van der Waals surface area contributed by atoms with Gasteiger partial charge in [0.15, 0.2) is 5.76 Å². The molecule has 4 rings (SSSR count). The molecule has 1 amide bonds. The zero-order valence-electron chi connectivity index (χ0n) is 14.0. The zero-order chi connectivity index (χ0) is 17.2. The molecule has 1 aromatic heterocycles. The minimum absolute atomic E-state index is 0.0247. The molecule has 2 aromatic carbocycles. The summed E-state index contributed by atoms with van der Waals surface area (Å²) in [6.45, 7) is 1.04. The first-order valence-electron chi connectivity index (χ1n) is 8.27. The molecule has 0 spiro atoms. The smallest absolute Gasteiger partial charge is 0.287 e. The summed E-state index contributed by atoms with van der Waals surface area (Å²) in [6, 6.07) is 15.4. The standard InChI is InChI=1S/C20H19NO4/c1-23-16-6-7-18-15(9-16)10-19(25-18)20(22)21-11-17-8-13-4-2-3-5-14(13)12-24-17/h2-7,9-10,17H,8,11-12H2,1H3,(H,21,22). The van der Waals surface area contributed by atoms with Crippen molar-refractivity contribution in [1.29, 1.82) is 0 Å². The highest BCUT2D eigenvalue weighted by Gasteiger charge is 2.20. The largest absolute Gasteiger partial charge is 0.497 e. The number of benzene rings is 2. The summed E-state index contributed by atoms with van der Waals surface area (Å²) < 4.78 is 16.6. The lowest BCUT2D eigenvalue weighted by atomic mass is 9.99. The van der Waals surface area contributed by atoms with E-state index in [-0.39, 0.29) is 12.0 Å². The summed E-state index contributed by atoms with van der Waals surface area (Å²) in [4.78, 5) is 12.4.